The maximum Gasteiger partial charge on any atom is 0.253 e. The van der Waals surface area contributed by atoms with Gasteiger partial charge in [-0.05, 0) is 36.4 Å². The van der Waals surface area contributed by atoms with Crippen molar-refractivity contribution in [2.24, 2.45) is 0 Å². The van der Waals surface area contributed by atoms with Gasteiger partial charge in [-0.15, -0.1) is 0 Å². The van der Waals surface area contributed by atoms with Crippen LogP contribution in [-0.2, 0) is 6.54 Å². The predicted octanol–water partition coefficient (Wildman–Crippen LogP) is 2.35. The highest BCUT2D eigenvalue weighted by Gasteiger charge is 2.06. The molecule has 1 N–H and O–H groups in total. The maximum atomic E-state index is 12.3. The molecule has 1 heterocycles. The highest BCUT2D eigenvalue weighted by Crippen LogP contribution is 2.19. The van der Waals surface area contributed by atoms with Gasteiger partial charge in [0.05, 0.1) is 19.1 Å². The predicted molar refractivity (Wildman–Crippen MR) is 99.3 cm³/mol. The summed E-state index contributed by atoms with van der Waals surface area (Å²) in [5.41, 5.74) is 1.86. The van der Waals surface area contributed by atoms with E-state index in [-0.39, 0.29) is 11.5 Å². The van der Waals surface area contributed by atoms with Crippen LogP contribution in [0.4, 0.5) is 0 Å². The van der Waals surface area contributed by atoms with E-state index in [0.717, 1.165) is 11.3 Å². The molecule has 6 nitrogen and oxygen atoms in total. The molecule has 2 aromatic carbocycles. The number of nitrogens with zero attached hydrogens (tertiary/aromatic N) is 2. The average Bonchev–Trinajstić information content (AvgIpc) is 2.70. The minimum Gasteiger partial charge on any atom is -0.497 e. The fourth-order valence-corrected chi connectivity index (χ4v) is 2.49. The van der Waals surface area contributed by atoms with Crippen molar-refractivity contribution in [1.29, 1.82) is 0 Å². The lowest BCUT2D eigenvalue weighted by Crippen LogP contribution is -2.30. The Morgan fingerprint density at radius 2 is 1.85 bits per heavy atom. The Bertz CT molecular complexity index is 935. The number of hydrogen-bond acceptors (Lipinski definition) is 4. The summed E-state index contributed by atoms with van der Waals surface area (Å²) in [5, 5.41) is 2.79. The molecule has 0 aliphatic heterocycles. The number of hydrogen-bond donors (Lipinski definition) is 1. The summed E-state index contributed by atoms with van der Waals surface area (Å²) >= 11 is 0. The fourth-order valence-electron chi connectivity index (χ4n) is 2.49. The van der Waals surface area contributed by atoms with Gasteiger partial charge in [-0.2, -0.15) is 0 Å². The minimum absolute atomic E-state index is 0.165. The van der Waals surface area contributed by atoms with Gasteiger partial charge in [-0.3, -0.25) is 14.2 Å². The third kappa shape index (κ3) is 4.16. The molecule has 0 unspecified atom stereocenters. The molecule has 26 heavy (non-hydrogen) atoms. The Kier molecular flexibility index (Phi) is 5.43. The molecule has 0 saturated carbocycles. The third-order valence-corrected chi connectivity index (χ3v) is 3.94. The summed E-state index contributed by atoms with van der Waals surface area (Å²) in [6, 6.07) is 17.8. The van der Waals surface area contributed by atoms with E-state index >= 15 is 0 Å². The second-order valence-corrected chi connectivity index (χ2v) is 5.66. The van der Waals surface area contributed by atoms with Crippen LogP contribution in [0.15, 0.2) is 71.8 Å². The first kappa shape index (κ1) is 17.4. The molecule has 0 aliphatic carbocycles. The Hall–Kier alpha value is -3.41. The zero-order chi connectivity index (χ0) is 18.4. The van der Waals surface area contributed by atoms with Crippen molar-refractivity contribution >= 4 is 5.91 Å². The summed E-state index contributed by atoms with van der Waals surface area (Å²) in [6.07, 6.45) is 1.50. The number of ether oxygens (including phenoxy) is 1. The number of benzene rings is 2. The van der Waals surface area contributed by atoms with Crippen LogP contribution in [0.3, 0.4) is 0 Å². The Labute approximate surface area is 151 Å². The van der Waals surface area contributed by atoms with E-state index in [2.05, 4.69) is 10.3 Å². The number of nitrogens with one attached hydrogen (secondary N) is 1. The first-order valence-electron chi connectivity index (χ1n) is 8.21. The highest BCUT2D eigenvalue weighted by molar-refractivity contribution is 5.94. The second-order valence-electron chi connectivity index (χ2n) is 5.66. The Morgan fingerprint density at radius 3 is 2.50 bits per heavy atom. The lowest BCUT2D eigenvalue weighted by atomic mass is 10.1. The number of rotatable bonds is 6. The molecular formula is C20H19N3O3. The molecule has 6 heteroatoms. The lowest BCUT2D eigenvalue weighted by molar-refractivity contribution is 0.0952. The van der Waals surface area contributed by atoms with Crippen molar-refractivity contribution in [3.63, 3.8) is 0 Å². The minimum atomic E-state index is -0.167. The van der Waals surface area contributed by atoms with E-state index in [0.29, 0.717) is 24.3 Å². The summed E-state index contributed by atoms with van der Waals surface area (Å²) in [5.74, 6) is 0.581. The largest absolute Gasteiger partial charge is 0.497 e. The van der Waals surface area contributed by atoms with Gasteiger partial charge in [0.2, 0.25) is 0 Å². The van der Waals surface area contributed by atoms with E-state index in [9.17, 15) is 9.59 Å². The van der Waals surface area contributed by atoms with Gasteiger partial charge in [0.15, 0.2) is 0 Å². The van der Waals surface area contributed by atoms with Crippen molar-refractivity contribution in [3.8, 4) is 17.0 Å². The van der Waals surface area contributed by atoms with Gasteiger partial charge in [0, 0.05) is 30.3 Å². The molecule has 0 aliphatic rings. The first-order valence-corrected chi connectivity index (χ1v) is 8.21. The van der Waals surface area contributed by atoms with E-state index in [1.165, 1.54) is 17.0 Å². The molecule has 1 amide bonds. The third-order valence-electron chi connectivity index (χ3n) is 3.94. The monoisotopic (exact) mass is 349 g/mol. The van der Waals surface area contributed by atoms with Gasteiger partial charge in [-0.25, -0.2) is 4.98 Å². The van der Waals surface area contributed by atoms with Crippen molar-refractivity contribution in [2.45, 2.75) is 6.54 Å². The molecule has 0 atom stereocenters. The van der Waals surface area contributed by atoms with Gasteiger partial charge in [0.1, 0.15) is 5.75 Å². The van der Waals surface area contributed by atoms with Crippen molar-refractivity contribution < 1.29 is 9.53 Å². The molecule has 3 aromatic rings. The Morgan fingerprint density at radius 1 is 1.12 bits per heavy atom. The molecular weight excluding hydrogens is 330 g/mol. The lowest BCUT2D eigenvalue weighted by Gasteiger charge is -2.08. The molecule has 1 aromatic heterocycles. The van der Waals surface area contributed by atoms with Gasteiger partial charge < -0.3 is 10.1 Å². The molecule has 0 fully saturated rings. The first-order chi connectivity index (χ1) is 12.7. The maximum absolute atomic E-state index is 12.3. The van der Waals surface area contributed by atoms with Crippen LogP contribution >= 0.6 is 0 Å². The molecule has 0 bridgehead atoms. The molecule has 132 valence electrons. The number of amides is 1. The van der Waals surface area contributed by atoms with Gasteiger partial charge in [0.25, 0.3) is 11.5 Å². The Balaban J connectivity index is 1.62. The smallest absolute Gasteiger partial charge is 0.253 e. The van der Waals surface area contributed by atoms with Crippen molar-refractivity contribution in [1.82, 2.24) is 14.9 Å². The number of carbonyl (C=O) groups excluding carboxylic acids is 1. The molecule has 0 saturated heterocycles. The van der Waals surface area contributed by atoms with Crippen LogP contribution < -0.4 is 15.6 Å². The summed E-state index contributed by atoms with van der Waals surface area (Å²) in [6.45, 7) is 0.699. The van der Waals surface area contributed by atoms with E-state index in [1.54, 1.807) is 31.4 Å². The zero-order valence-corrected chi connectivity index (χ0v) is 14.4. The van der Waals surface area contributed by atoms with E-state index < -0.39 is 0 Å². The fraction of sp³-hybridized carbons (Fsp3) is 0.150. The quantitative estimate of drug-likeness (QED) is 0.741. The normalized spacial score (nSPS) is 10.3. The van der Waals surface area contributed by atoms with Crippen LogP contribution in [0.5, 0.6) is 5.75 Å². The topological polar surface area (TPSA) is 73.2 Å². The number of aromatic nitrogens is 2. The summed E-state index contributed by atoms with van der Waals surface area (Å²) < 4.78 is 6.59. The summed E-state index contributed by atoms with van der Waals surface area (Å²) in [7, 11) is 1.60. The summed E-state index contributed by atoms with van der Waals surface area (Å²) in [4.78, 5) is 28.6. The number of methoxy groups -OCH3 is 1. The van der Waals surface area contributed by atoms with Crippen molar-refractivity contribution in [2.75, 3.05) is 13.7 Å². The molecule has 3 rings (SSSR count). The standard InChI is InChI=1S/C20H19N3O3/c1-26-17-9-7-15(8-10-17)18-13-19(24)23(14-22-18)12-11-21-20(25)16-5-3-2-4-6-16/h2-10,13-14H,11-12H2,1H3,(H,21,25). The van der Waals surface area contributed by atoms with Crippen LogP contribution in [0.1, 0.15) is 10.4 Å². The van der Waals surface area contributed by atoms with Crippen molar-refractivity contribution in [3.05, 3.63) is 82.9 Å². The van der Waals surface area contributed by atoms with Gasteiger partial charge in [-0.1, -0.05) is 18.2 Å². The van der Waals surface area contributed by atoms with Gasteiger partial charge >= 0.3 is 0 Å². The van der Waals surface area contributed by atoms with Crippen LogP contribution in [0.25, 0.3) is 11.3 Å². The molecule has 0 spiro atoms. The van der Waals surface area contributed by atoms with Crippen LogP contribution in [-0.4, -0.2) is 29.1 Å². The van der Waals surface area contributed by atoms with Crippen LogP contribution in [0.2, 0.25) is 0 Å². The molecule has 0 radical (unpaired) electrons. The van der Waals surface area contributed by atoms with E-state index in [4.69, 9.17) is 4.74 Å². The highest BCUT2D eigenvalue weighted by atomic mass is 16.5. The SMILES string of the molecule is COc1ccc(-c2cc(=O)n(CCNC(=O)c3ccccc3)cn2)cc1. The second kappa shape index (κ2) is 8.11. The average molecular weight is 349 g/mol. The number of carbonyl (C=O) groups is 1. The van der Waals surface area contributed by atoms with Crippen LogP contribution in [0, 0.1) is 0 Å². The zero-order valence-electron chi connectivity index (χ0n) is 14.4. The van der Waals surface area contributed by atoms with E-state index in [1.807, 2.05) is 30.3 Å².